The minimum absolute atomic E-state index is 0.0567. The second kappa shape index (κ2) is 3.07. The van der Waals surface area contributed by atoms with Crippen LogP contribution in [-0.2, 0) is 0 Å². The predicted molar refractivity (Wildman–Crippen MR) is 41.2 cm³/mol. The van der Waals surface area contributed by atoms with Crippen molar-refractivity contribution in [2.24, 2.45) is 0 Å². The molecule has 0 saturated carbocycles. The van der Waals surface area contributed by atoms with E-state index < -0.39 is 0 Å². The molecule has 2 heteroatoms. The van der Waals surface area contributed by atoms with Crippen molar-refractivity contribution in [2.75, 3.05) is 0 Å². The summed E-state index contributed by atoms with van der Waals surface area (Å²) in [5.41, 5.74) is 0.586. The van der Waals surface area contributed by atoms with Gasteiger partial charge in [0.15, 0.2) is 5.78 Å². The average molecular weight is 148 g/mol. The summed E-state index contributed by atoms with van der Waals surface area (Å²) in [5, 5.41) is 0. The quantitative estimate of drug-likeness (QED) is 0.472. The summed E-state index contributed by atoms with van der Waals surface area (Å²) in [4.78, 5) is 11.1. The van der Waals surface area contributed by atoms with Gasteiger partial charge in [-0.15, -0.1) is 6.42 Å². The van der Waals surface area contributed by atoms with Crippen LogP contribution in [0.3, 0.4) is 0 Å². The molecule has 0 aliphatic carbocycles. The Kier molecular flexibility index (Phi) is 2.12. The van der Waals surface area contributed by atoms with Gasteiger partial charge in [0.25, 0.3) is 0 Å². The lowest BCUT2D eigenvalue weighted by Crippen LogP contribution is -1.96. The molecule has 1 aromatic heterocycles. The van der Waals surface area contributed by atoms with Crippen molar-refractivity contribution in [3.05, 3.63) is 23.7 Å². The molecule has 0 radical (unpaired) electrons. The molecular formula is C9H8O2. The van der Waals surface area contributed by atoms with E-state index in [1.165, 1.54) is 6.26 Å². The molecule has 0 unspecified atom stereocenters. The highest BCUT2D eigenvalue weighted by Gasteiger charge is 2.08. The summed E-state index contributed by atoms with van der Waals surface area (Å²) < 4.78 is 4.94. The zero-order chi connectivity index (χ0) is 8.27. The Morgan fingerprint density at radius 1 is 1.82 bits per heavy atom. The third-order valence-electron chi connectivity index (χ3n) is 1.42. The molecule has 56 valence electrons. The normalized spacial score (nSPS) is 9.09. The number of Topliss-reactive ketones (excluding diaryl/α,β-unsaturated/α-hetero) is 1. The van der Waals surface area contributed by atoms with Crippen molar-refractivity contribution in [1.29, 1.82) is 0 Å². The van der Waals surface area contributed by atoms with Crippen LogP contribution in [0.15, 0.2) is 16.7 Å². The summed E-state index contributed by atoms with van der Waals surface area (Å²) in [6.45, 7) is 1.74. The average Bonchev–Trinajstić information content (AvgIpc) is 2.36. The molecular weight excluding hydrogens is 140 g/mol. The first-order valence-electron chi connectivity index (χ1n) is 3.26. The zero-order valence-corrected chi connectivity index (χ0v) is 6.26. The van der Waals surface area contributed by atoms with Gasteiger partial charge >= 0.3 is 0 Å². The van der Waals surface area contributed by atoms with Gasteiger partial charge in [-0.1, -0.05) is 5.92 Å². The highest BCUT2D eigenvalue weighted by Crippen LogP contribution is 2.10. The monoisotopic (exact) mass is 148 g/mol. The fourth-order valence-corrected chi connectivity index (χ4v) is 0.862. The van der Waals surface area contributed by atoms with E-state index in [0.717, 1.165) is 0 Å². The zero-order valence-electron chi connectivity index (χ0n) is 6.26. The first kappa shape index (κ1) is 7.62. The first-order valence-corrected chi connectivity index (χ1v) is 3.26. The first-order chi connectivity index (χ1) is 5.25. The highest BCUT2D eigenvalue weighted by molar-refractivity contribution is 5.98. The van der Waals surface area contributed by atoms with Crippen molar-refractivity contribution in [3.8, 4) is 12.3 Å². The van der Waals surface area contributed by atoms with Crippen molar-refractivity contribution in [3.63, 3.8) is 0 Å². The smallest absolute Gasteiger partial charge is 0.178 e. The molecule has 0 aliphatic heterocycles. The third-order valence-corrected chi connectivity index (χ3v) is 1.42. The third kappa shape index (κ3) is 1.50. The number of ketones is 1. The van der Waals surface area contributed by atoms with Crippen molar-refractivity contribution in [2.45, 2.75) is 13.3 Å². The molecule has 0 aromatic carbocycles. The predicted octanol–water partition coefficient (Wildman–Crippen LogP) is 1.79. The largest absolute Gasteiger partial charge is 0.469 e. The number of carbonyl (C=O) groups is 1. The second-order valence-corrected chi connectivity index (χ2v) is 2.19. The topological polar surface area (TPSA) is 30.2 Å². The summed E-state index contributed by atoms with van der Waals surface area (Å²) in [5.74, 6) is 2.86. The van der Waals surface area contributed by atoms with Gasteiger partial charge in [0.2, 0.25) is 0 Å². The maximum atomic E-state index is 11.1. The molecule has 1 rings (SSSR count). The van der Waals surface area contributed by atoms with Crippen LogP contribution in [-0.4, -0.2) is 5.78 Å². The van der Waals surface area contributed by atoms with Crippen LogP contribution in [0.2, 0.25) is 0 Å². The van der Waals surface area contributed by atoms with Crippen LogP contribution >= 0.6 is 0 Å². The van der Waals surface area contributed by atoms with Gasteiger partial charge in [-0.25, -0.2) is 0 Å². The molecule has 0 bridgehead atoms. The Hall–Kier alpha value is -1.49. The molecule has 11 heavy (non-hydrogen) atoms. The SMILES string of the molecule is C#CCC(=O)c1ccoc1C. The molecule has 0 aliphatic rings. The molecule has 0 N–H and O–H groups in total. The van der Waals surface area contributed by atoms with Crippen LogP contribution in [0.5, 0.6) is 0 Å². The molecule has 0 fully saturated rings. The Labute approximate surface area is 65.2 Å². The Morgan fingerprint density at radius 3 is 3.00 bits per heavy atom. The minimum Gasteiger partial charge on any atom is -0.469 e. The van der Waals surface area contributed by atoms with E-state index in [1.807, 2.05) is 0 Å². The molecule has 1 aromatic rings. The standard InChI is InChI=1S/C9H8O2/c1-3-4-9(10)8-5-6-11-7(8)2/h1,5-6H,4H2,2H3. The number of terminal acetylenes is 1. The van der Waals surface area contributed by atoms with Crippen LogP contribution in [0, 0.1) is 19.3 Å². The number of hydrogen-bond donors (Lipinski definition) is 0. The fourth-order valence-electron chi connectivity index (χ4n) is 0.862. The van der Waals surface area contributed by atoms with Gasteiger partial charge in [0.05, 0.1) is 18.2 Å². The van der Waals surface area contributed by atoms with Gasteiger partial charge in [-0.2, -0.15) is 0 Å². The van der Waals surface area contributed by atoms with Crippen molar-refractivity contribution in [1.82, 2.24) is 0 Å². The van der Waals surface area contributed by atoms with Gasteiger partial charge in [-0.3, -0.25) is 4.79 Å². The Morgan fingerprint density at radius 2 is 2.55 bits per heavy atom. The molecule has 2 nitrogen and oxygen atoms in total. The molecule has 1 heterocycles. The van der Waals surface area contributed by atoms with E-state index in [-0.39, 0.29) is 12.2 Å². The maximum Gasteiger partial charge on any atom is 0.178 e. The van der Waals surface area contributed by atoms with Crippen molar-refractivity contribution >= 4 is 5.78 Å². The number of carbonyl (C=O) groups excluding carboxylic acids is 1. The molecule has 0 atom stereocenters. The van der Waals surface area contributed by atoms with Crippen LogP contribution in [0.1, 0.15) is 22.5 Å². The van der Waals surface area contributed by atoms with Crippen LogP contribution < -0.4 is 0 Å². The van der Waals surface area contributed by atoms with E-state index in [4.69, 9.17) is 10.8 Å². The van der Waals surface area contributed by atoms with E-state index in [0.29, 0.717) is 11.3 Å². The number of rotatable bonds is 2. The molecule has 0 saturated heterocycles. The van der Waals surface area contributed by atoms with Crippen molar-refractivity contribution < 1.29 is 9.21 Å². The Bertz CT molecular complexity index is 302. The van der Waals surface area contributed by atoms with Crippen LogP contribution in [0.25, 0.3) is 0 Å². The molecule has 0 amide bonds. The number of aryl methyl sites for hydroxylation is 1. The summed E-state index contributed by atoms with van der Waals surface area (Å²) >= 11 is 0. The van der Waals surface area contributed by atoms with Gasteiger partial charge in [-0.05, 0) is 13.0 Å². The summed E-state index contributed by atoms with van der Waals surface area (Å²) in [6, 6.07) is 1.63. The lowest BCUT2D eigenvalue weighted by atomic mass is 10.1. The van der Waals surface area contributed by atoms with Gasteiger partial charge in [0, 0.05) is 0 Å². The van der Waals surface area contributed by atoms with E-state index >= 15 is 0 Å². The van der Waals surface area contributed by atoms with Gasteiger partial charge in [0.1, 0.15) is 5.76 Å². The van der Waals surface area contributed by atoms with E-state index in [2.05, 4.69) is 5.92 Å². The van der Waals surface area contributed by atoms with Gasteiger partial charge < -0.3 is 4.42 Å². The Balaban J connectivity index is 2.86. The number of hydrogen-bond acceptors (Lipinski definition) is 2. The fraction of sp³-hybridized carbons (Fsp3) is 0.222. The number of furan rings is 1. The lowest BCUT2D eigenvalue weighted by Gasteiger charge is -1.90. The minimum atomic E-state index is -0.0567. The lowest BCUT2D eigenvalue weighted by molar-refractivity contribution is 0.0997. The molecule has 0 spiro atoms. The summed E-state index contributed by atoms with van der Waals surface area (Å²) in [6.07, 6.45) is 6.61. The summed E-state index contributed by atoms with van der Waals surface area (Å²) in [7, 11) is 0. The maximum absolute atomic E-state index is 11.1. The van der Waals surface area contributed by atoms with Crippen LogP contribution in [0.4, 0.5) is 0 Å². The second-order valence-electron chi connectivity index (χ2n) is 2.19. The highest BCUT2D eigenvalue weighted by atomic mass is 16.3. The van der Waals surface area contributed by atoms with E-state index in [9.17, 15) is 4.79 Å². The van der Waals surface area contributed by atoms with E-state index in [1.54, 1.807) is 13.0 Å².